The number of rotatable bonds is 10. The topological polar surface area (TPSA) is 47.6 Å². The molecule has 0 aliphatic heterocycles. The summed E-state index contributed by atoms with van der Waals surface area (Å²) in [5.41, 5.74) is 4.39. The summed E-state index contributed by atoms with van der Waals surface area (Å²) < 4.78 is 11.3. The van der Waals surface area contributed by atoms with Crippen LogP contribution in [0.15, 0.2) is 72.8 Å². The van der Waals surface area contributed by atoms with Crippen LogP contribution in [0.1, 0.15) is 48.6 Å². The maximum absolute atomic E-state index is 12.9. The molecule has 4 nitrogen and oxygen atoms in total. The van der Waals surface area contributed by atoms with Crippen LogP contribution >= 0.6 is 0 Å². The maximum atomic E-state index is 12.9. The Morgan fingerprint density at radius 1 is 0.871 bits per heavy atom. The summed E-state index contributed by atoms with van der Waals surface area (Å²) in [6, 6.07) is 24.0. The monoisotopic (exact) mass is 417 g/mol. The SMILES string of the molecule is CCOc1ccc(CCC(=O)N[C@@H](c2ccccc2)c2ccccc2C)cc1OCC. The number of carbonyl (C=O) groups is 1. The van der Waals surface area contributed by atoms with Crippen molar-refractivity contribution in [1.29, 1.82) is 0 Å². The first-order valence-electron chi connectivity index (χ1n) is 10.9. The third kappa shape index (κ3) is 6.11. The standard InChI is InChI=1S/C27H31NO3/c1-4-30-24-17-15-21(19-25(24)31-5-2)16-18-26(29)28-27(22-12-7-6-8-13-22)23-14-10-9-11-20(23)3/h6-15,17,19,27H,4-5,16,18H2,1-3H3,(H,28,29)/t27-/m0/s1. The van der Waals surface area contributed by atoms with Crippen LogP contribution < -0.4 is 14.8 Å². The molecule has 0 heterocycles. The summed E-state index contributed by atoms with van der Waals surface area (Å²) in [7, 11) is 0. The summed E-state index contributed by atoms with van der Waals surface area (Å²) in [4.78, 5) is 12.9. The van der Waals surface area contributed by atoms with Gasteiger partial charge < -0.3 is 14.8 Å². The number of nitrogens with one attached hydrogen (secondary N) is 1. The summed E-state index contributed by atoms with van der Waals surface area (Å²) in [5, 5.41) is 3.24. The van der Waals surface area contributed by atoms with Gasteiger partial charge in [0.05, 0.1) is 19.3 Å². The van der Waals surface area contributed by atoms with Crippen LogP contribution in [0.5, 0.6) is 11.5 Å². The Hall–Kier alpha value is -3.27. The van der Waals surface area contributed by atoms with Gasteiger partial charge in [0.25, 0.3) is 0 Å². The molecule has 0 radical (unpaired) electrons. The number of hydrogen-bond acceptors (Lipinski definition) is 3. The predicted octanol–water partition coefficient (Wildman–Crippen LogP) is 5.63. The molecule has 0 saturated heterocycles. The van der Waals surface area contributed by atoms with Crippen LogP contribution in [0.2, 0.25) is 0 Å². The van der Waals surface area contributed by atoms with Gasteiger partial charge in [0.15, 0.2) is 11.5 Å². The van der Waals surface area contributed by atoms with Crippen LogP contribution in [0.4, 0.5) is 0 Å². The minimum Gasteiger partial charge on any atom is -0.490 e. The highest BCUT2D eigenvalue weighted by atomic mass is 16.5. The van der Waals surface area contributed by atoms with Gasteiger partial charge in [-0.25, -0.2) is 0 Å². The molecule has 31 heavy (non-hydrogen) atoms. The third-order valence-corrected chi connectivity index (χ3v) is 5.19. The van der Waals surface area contributed by atoms with Crippen LogP contribution in [0, 0.1) is 6.92 Å². The minimum atomic E-state index is -0.172. The van der Waals surface area contributed by atoms with Crippen molar-refractivity contribution < 1.29 is 14.3 Å². The van der Waals surface area contributed by atoms with E-state index in [9.17, 15) is 4.79 Å². The predicted molar refractivity (Wildman–Crippen MR) is 125 cm³/mol. The lowest BCUT2D eigenvalue weighted by Crippen LogP contribution is -2.30. The second-order valence-electron chi connectivity index (χ2n) is 7.41. The van der Waals surface area contributed by atoms with Gasteiger partial charge in [-0.2, -0.15) is 0 Å². The van der Waals surface area contributed by atoms with Crippen molar-refractivity contribution in [3.8, 4) is 11.5 Å². The molecule has 0 bridgehead atoms. The van der Waals surface area contributed by atoms with Gasteiger partial charge in [0.1, 0.15) is 0 Å². The van der Waals surface area contributed by atoms with E-state index in [1.165, 1.54) is 0 Å². The van der Waals surface area contributed by atoms with E-state index in [4.69, 9.17) is 9.47 Å². The van der Waals surface area contributed by atoms with E-state index in [0.29, 0.717) is 26.1 Å². The third-order valence-electron chi connectivity index (χ3n) is 5.19. The van der Waals surface area contributed by atoms with Crippen molar-refractivity contribution in [2.24, 2.45) is 0 Å². The number of benzene rings is 3. The number of carbonyl (C=O) groups excluding carboxylic acids is 1. The molecule has 4 heteroatoms. The average molecular weight is 418 g/mol. The fourth-order valence-corrected chi connectivity index (χ4v) is 3.64. The molecule has 1 N–H and O–H groups in total. The van der Waals surface area contributed by atoms with Crippen LogP contribution in [0.25, 0.3) is 0 Å². The maximum Gasteiger partial charge on any atom is 0.221 e. The average Bonchev–Trinajstić information content (AvgIpc) is 2.79. The van der Waals surface area contributed by atoms with Gasteiger partial charge in [0.2, 0.25) is 5.91 Å². The van der Waals surface area contributed by atoms with E-state index in [2.05, 4.69) is 36.5 Å². The quantitative estimate of drug-likeness (QED) is 0.465. The Morgan fingerprint density at radius 2 is 1.55 bits per heavy atom. The lowest BCUT2D eigenvalue weighted by Gasteiger charge is -2.22. The summed E-state index contributed by atoms with van der Waals surface area (Å²) in [6.45, 7) is 7.13. The largest absolute Gasteiger partial charge is 0.490 e. The van der Waals surface area contributed by atoms with Crippen molar-refractivity contribution in [2.75, 3.05) is 13.2 Å². The number of ether oxygens (including phenoxy) is 2. The molecule has 0 aliphatic carbocycles. The fourth-order valence-electron chi connectivity index (χ4n) is 3.64. The highest BCUT2D eigenvalue weighted by molar-refractivity contribution is 5.77. The highest BCUT2D eigenvalue weighted by Gasteiger charge is 2.18. The van der Waals surface area contributed by atoms with Crippen molar-refractivity contribution >= 4 is 5.91 Å². The fraction of sp³-hybridized carbons (Fsp3) is 0.296. The first-order chi connectivity index (χ1) is 15.1. The van der Waals surface area contributed by atoms with E-state index < -0.39 is 0 Å². The van der Waals surface area contributed by atoms with Crippen molar-refractivity contribution in [3.63, 3.8) is 0 Å². The van der Waals surface area contributed by atoms with Crippen molar-refractivity contribution in [2.45, 2.75) is 39.7 Å². The zero-order valence-corrected chi connectivity index (χ0v) is 18.6. The molecular weight excluding hydrogens is 386 g/mol. The molecule has 0 fully saturated rings. The molecular formula is C27H31NO3. The zero-order chi connectivity index (χ0) is 22.1. The first-order valence-corrected chi connectivity index (χ1v) is 10.9. The van der Waals surface area contributed by atoms with Crippen molar-refractivity contribution in [1.82, 2.24) is 5.32 Å². The van der Waals surface area contributed by atoms with Gasteiger partial charge in [-0.15, -0.1) is 0 Å². The van der Waals surface area contributed by atoms with E-state index in [-0.39, 0.29) is 11.9 Å². The molecule has 0 aromatic heterocycles. The van der Waals surface area contributed by atoms with Crippen LogP contribution in [0.3, 0.4) is 0 Å². The summed E-state index contributed by atoms with van der Waals surface area (Å²) >= 11 is 0. The molecule has 3 aromatic carbocycles. The minimum absolute atomic E-state index is 0.0175. The molecule has 0 unspecified atom stereocenters. The second-order valence-corrected chi connectivity index (χ2v) is 7.41. The molecule has 1 atom stereocenters. The Kier molecular flexibility index (Phi) is 8.11. The van der Waals surface area contributed by atoms with Gasteiger partial charge in [0, 0.05) is 6.42 Å². The van der Waals surface area contributed by atoms with Crippen molar-refractivity contribution in [3.05, 3.63) is 95.1 Å². The Morgan fingerprint density at radius 3 is 2.26 bits per heavy atom. The lowest BCUT2D eigenvalue weighted by molar-refractivity contribution is -0.121. The molecule has 3 aromatic rings. The lowest BCUT2D eigenvalue weighted by atomic mass is 9.94. The summed E-state index contributed by atoms with van der Waals surface area (Å²) in [5.74, 6) is 1.48. The Labute approximate surface area is 185 Å². The van der Waals surface area contributed by atoms with Gasteiger partial charge in [-0.1, -0.05) is 60.7 Å². The Balaban J connectivity index is 1.72. The Bertz CT molecular complexity index is 985. The van der Waals surface area contributed by atoms with E-state index >= 15 is 0 Å². The molecule has 0 aliphatic rings. The first kappa shape index (κ1) is 22.4. The molecule has 0 saturated carbocycles. The molecule has 0 spiro atoms. The van der Waals surface area contributed by atoms with E-state index in [1.54, 1.807) is 0 Å². The molecule has 1 amide bonds. The number of amides is 1. The molecule has 3 rings (SSSR count). The normalized spacial score (nSPS) is 11.6. The summed E-state index contributed by atoms with van der Waals surface area (Å²) in [6.07, 6.45) is 1.03. The van der Waals surface area contributed by atoms with E-state index in [1.807, 2.05) is 62.4 Å². The number of aryl methyl sites for hydroxylation is 2. The van der Waals surface area contributed by atoms with Gasteiger partial charge in [-0.05, 0) is 61.6 Å². The van der Waals surface area contributed by atoms with Gasteiger partial charge in [-0.3, -0.25) is 4.79 Å². The smallest absolute Gasteiger partial charge is 0.221 e. The number of hydrogen-bond donors (Lipinski definition) is 1. The zero-order valence-electron chi connectivity index (χ0n) is 18.6. The van der Waals surface area contributed by atoms with Crippen LogP contribution in [-0.2, 0) is 11.2 Å². The van der Waals surface area contributed by atoms with Gasteiger partial charge >= 0.3 is 0 Å². The van der Waals surface area contributed by atoms with E-state index in [0.717, 1.165) is 33.8 Å². The van der Waals surface area contributed by atoms with Crippen LogP contribution in [-0.4, -0.2) is 19.1 Å². The highest BCUT2D eigenvalue weighted by Crippen LogP contribution is 2.29. The second kappa shape index (κ2) is 11.2. The molecule has 162 valence electrons.